The van der Waals surface area contributed by atoms with E-state index in [0.29, 0.717) is 0 Å². The lowest BCUT2D eigenvalue weighted by Gasteiger charge is -2.18. The number of nitrogens with two attached hydrogens (primary N) is 1. The number of aliphatic hydroxyl groups is 2. The molecule has 1 rings (SSSR count). The van der Waals surface area contributed by atoms with Crippen LogP contribution in [0.1, 0.15) is 23.7 Å². The molecule has 16 heavy (non-hydrogen) atoms. The topological polar surface area (TPSA) is 90.3 Å². The number of nitriles is 1. The smallest absolute Gasteiger partial charge is 0.141 e. The summed E-state index contributed by atoms with van der Waals surface area (Å²) in [4.78, 5) is 0. The number of benzene rings is 1. The molecule has 4 nitrogen and oxygen atoms in total. The van der Waals surface area contributed by atoms with E-state index in [1.54, 1.807) is 6.07 Å². The van der Waals surface area contributed by atoms with Crippen LogP contribution in [0.25, 0.3) is 0 Å². The van der Waals surface area contributed by atoms with E-state index in [1.165, 1.54) is 12.1 Å². The van der Waals surface area contributed by atoms with Gasteiger partial charge in [-0.05, 0) is 19.0 Å². The standard InChI is InChI=1S/C11H13FN2O2/c12-9-3-1-2-7(8(9)6-14)11(16)10(15)4-5-13/h1-3,10-11,15-16H,4-5,13H2. The van der Waals surface area contributed by atoms with Gasteiger partial charge in [-0.25, -0.2) is 4.39 Å². The maximum absolute atomic E-state index is 13.2. The van der Waals surface area contributed by atoms with Crippen LogP contribution in [-0.2, 0) is 0 Å². The summed E-state index contributed by atoms with van der Waals surface area (Å²) in [5, 5.41) is 28.0. The molecular weight excluding hydrogens is 211 g/mol. The molecule has 1 aromatic carbocycles. The van der Waals surface area contributed by atoms with Gasteiger partial charge in [-0.15, -0.1) is 0 Å². The molecule has 0 amide bonds. The van der Waals surface area contributed by atoms with E-state index in [2.05, 4.69) is 0 Å². The summed E-state index contributed by atoms with van der Waals surface area (Å²) in [6, 6.07) is 5.58. The molecule has 0 aliphatic rings. The summed E-state index contributed by atoms with van der Waals surface area (Å²) in [7, 11) is 0. The van der Waals surface area contributed by atoms with Crippen molar-refractivity contribution in [1.29, 1.82) is 5.26 Å². The van der Waals surface area contributed by atoms with E-state index >= 15 is 0 Å². The number of nitrogens with zero attached hydrogens (tertiary/aromatic N) is 1. The van der Waals surface area contributed by atoms with Crippen molar-refractivity contribution < 1.29 is 14.6 Å². The van der Waals surface area contributed by atoms with E-state index in [0.717, 1.165) is 6.07 Å². The van der Waals surface area contributed by atoms with E-state index in [9.17, 15) is 14.6 Å². The Morgan fingerprint density at radius 1 is 1.44 bits per heavy atom. The fourth-order valence-electron chi connectivity index (χ4n) is 1.44. The number of hydrogen-bond donors (Lipinski definition) is 3. The van der Waals surface area contributed by atoms with Gasteiger partial charge >= 0.3 is 0 Å². The first-order valence-electron chi connectivity index (χ1n) is 4.86. The summed E-state index contributed by atoms with van der Waals surface area (Å²) in [5.41, 5.74) is 5.08. The lowest BCUT2D eigenvalue weighted by atomic mass is 9.97. The molecule has 0 heterocycles. The fraction of sp³-hybridized carbons (Fsp3) is 0.364. The SMILES string of the molecule is N#Cc1c(F)cccc1C(O)C(O)CCN. The number of rotatable bonds is 4. The van der Waals surface area contributed by atoms with Crippen molar-refractivity contribution in [2.45, 2.75) is 18.6 Å². The van der Waals surface area contributed by atoms with Gasteiger partial charge in [-0.1, -0.05) is 12.1 Å². The molecule has 0 bridgehead atoms. The highest BCUT2D eigenvalue weighted by molar-refractivity contribution is 5.40. The monoisotopic (exact) mass is 224 g/mol. The van der Waals surface area contributed by atoms with Gasteiger partial charge < -0.3 is 15.9 Å². The minimum atomic E-state index is -1.30. The Morgan fingerprint density at radius 3 is 2.69 bits per heavy atom. The van der Waals surface area contributed by atoms with Crippen LogP contribution in [0.4, 0.5) is 4.39 Å². The Kier molecular flexibility index (Phi) is 4.38. The third kappa shape index (κ3) is 2.55. The molecule has 86 valence electrons. The molecule has 4 N–H and O–H groups in total. The predicted octanol–water partition coefficient (Wildman–Crippen LogP) is 0.440. The van der Waals surface area contributed by atoms with Crippen LogP contribution in [-0.4, -0.2) is 22.9 Å². The molecule has 0 aliphatic carbocycles. The van der Waals surface area contributed by atoms with Gasteiger partial charge in [0.05, 0.1) is 11.7 Å². The quantitative estimate of drug-likeness (QED) is 0.692. The third-order valence-electron chi connectivity index (χ3n) is 2.30. The molecule has 5 heteroatoms. The average molecular weight is 224 g/mol. The minimum absolute atomic E-state index is 0.0865. The first kappa shape index (κ1) is 12.6. The average Bonchev–Trinajstić information content (AvgIpc) is 2.28. The molecule has 0 saturated heterocycles. The summed E-state index contributed by atoms with van der Waals surface area (Å²) in [6.45, 7) is 0.204. The molecule has 2 atom stereocenters. The van der Waals surface area contributed by atoms with E-state index in [-0.39, 0.29) is 24.1 Å². The highest BCUT2D eigenvalue weighted by Gasteiger charge is 2.22. The maximum Gasteiger partial charge on any atom is 0.141 e. The van der Waals surface area contributed by atoms with Gasteiger partial charge in [-0.3, -0.25) is 0 Å². The minimum Gasteiger partial charge on any atom is -0.390 e. The second kappa shape index (κ2) is 5.56. The maximum atomic E-state index is 13.2. The van der Waals surface area contributed by atoms with Crippen molar-refractivity contribution in [3.05, 3.63) is 35.1 Å². The fourth-order valence-corrected chi connectivity index (χ4v) is 1.44. The zero-order valence-electron chi connectivity index (χ0n) is 8.60. The van der Waals surface area contributed by atoms with Crippen molar-refractivity contribution in [3.63, 3.8) is 0 Å². The Hall–Kier alpha value is -1.48. The molecule has 0 fully saturated rings. The molecule has 0 aliphatic heterocycles. The molecule has 0 spiro atoms. The number of hydrogen-bond acceptors (Lipinski definition) is 4. The van der Waals surface area contributed by atoms with Crippen molar-refractivity contribution in [2.24, 2.45) is 5.73 Å². The largest absolute Gasteiger partial charge is 0.390 e. The number of aliphatic hydroxyl groups excluding tert-OH is 2. The Bertz CT molecular complexity index is 403. The lowest BCUT2D eigenvalue weighted by Crippen LogP contribution is -2.22. The van der Waals surface area contributed by atoms with E-state index in [1.807, 2.05) is 0 Å². The van der Waals surface area contributed by atoms with E-state index < -0.39 is 18.0 Å². The van der Waals surface area contributed by atoms with Crippen molar-refractivity contribution >= 4 is 0 Å². The van der Waals surface area contributed by atoms with Crippen molar-refractivity contribution in [1.82, 2.24) is 0 Å². The summed E-state index contributed by atoms with van der Waals surface area (Å²) >= 11 is 0. The van der Waals surface area contributed by atoms with Crippen LogP contribution in [0.2, 0.25) is 0 Å². The Morgan fingerprint density at radius 2 is 2.12 bits per heavy atom. The van der Waals surface area contributed by atoms with Crippen LogP contribution in [0.15, 0.2) is 18.2 Å². The molecule has 0 saturated carbocycles. The normalized spacial score (nSPS) is 14.2. The first-order chi connectivity index (χ1) is 7.61. The lowest BCUT2D eigenvalue weighted by molar-refractivity contribution is 0.0147. The highest BCUT2D eigenvalue weighted by Crippen LogP contribution is 2.23. The second-order valence-electron chi connectivity index (χ2n) is 3.41. The summed E-state index contributed by atoms with van der Waals surface area (Å²) in [6.07, 6.45) is -2.21. The van der Waals surface area contributed by atoms with Gasteiger partial charge in [0.15, 0.2) is 0 Å². The second-order valence-corrected chi connectivity index (χ2v) is 3.41. The van der Waals surface area contributed by atoms with Gasteiger partial charge in [0.1, 0.15) is 18.0 Å². The van der Waals surface area contributed by atoms with Crippen LogP contribution in [0, 0.1) is 17.1 Å². The zero-order valence-corrected chi connectivity index (χ0v) is 8.60. The van der Waals surface area contributed by atoms with Gasteiger partial charge in [-0.2, -0.15) is 5.26 Å². The summed E-state index contributed by atoms with van der Waals surface area (Å²) < 4.78 is 13.2. The van der Waals surface area contributed by atoms with Crippen LogP contribution in [0.5, 0.6) is 0 Å². The van der Waals surface area contributed by atoms with Gasteiger partial charge in [0.2, 0.25) is 0 Å². The zero-order chi connectivity index (χ0) is 12.1. The highest BCUT2D eigenvalue weighted by atomic mass is 19.1. The van der Waals surface area contributed by atoms with Gasteiger partial charge in [0.25, 0.3) is 0 Å². The third-order valence-corrected chi connectivity index (χ3v) is 2.30. The molecule has 0 aromatic heterocycles. The Labute approximate surface area is 92.7 Å². The first-order valence-corrected chi connectivity index (χ1v) is 4.86. The van der Waals surface area contributed by atoms with Crippen molar-refractivity contribution in [2.75, 3.05) is 6.54 Å². The molecule has 1 aromatic rings. The Balaban J connectivity index is 3.04. The van der Waals surface area contributed by atoms with Crippen LogP contribution in [0.3, 0.4) is 0 Å². The van der Waals surface area contributed by atoms with E-state index in [4.69, 9.17) is 11.0 Å². The van der Waals surface area contributed by atoms with Gasteiger partial charge in [0, 0.05) is 5.56 Å². The van der Waals surface area contributed by atoms with Crippen LogP contribution < -0.4 is 5.73 Å². The molecule has 2 unspecified atom stereocenters. The molecular formula is C11H13FN2O2. The number of halogens is 1. The van der Waals surface area contributed by atoms with Crippen molar-refractivity contribution in [3.8, 4) is 6.07 Å². The van der Waals surface area contributed by atoms with Crippen LogP contribution >= 0.6 is 0 Å². The molecule has 0 radical (unpaired) electrons. The predicted molar refractivity (Wildman–Crippen MR) is 55.8 cm³/mol. The summed E-state index contributed by atoms with van der Waals surface area (Å²) in [5.74, 6) is -0.709.